The summed E-state index contributed by atoms with van der Waals surface area (Å²) in [6, 6.07) is 11.9. The summed E-state index contributed by atoms with van der Waals surface area (Å²) in [6.45, 7) is 4.58. The van der Waals surface area contributed by atoms with Crippen LogP contribution in [0.2, 0.25) is 0 Å². The number of hydrogen-bond acceptors (Lipinski definition) is 7. The molecule has 198 valence electrons. The quantitative estimate of drug-likeness (QED) is 0.140. The molecule has 0 saturated heterocycles. The number of benzene rings is 2. The summed E-state index contributed by atoms with van der Waals surface area (Å²) in [6.07, 6.45) is 8.33. The first-order chi connectivity index (χ1) is 17.8. The molecule has 0 amide bonds. The Morgan fingerprint density at radius 1 is 0.757 bits per heavy atom. The minimum Gasteiger partial charge on any atom is -0.478 e. The van der Waals surface area contributed by atoms with Crippen LogP contribution >= 0.6 is 0 Å². The summed E-state index contributed by atoms with van der Waals surface area (Å²) in [7, 11) is 0. The van der Waals surface area contributed by atoms with Gasteiger partial charge in [0, 0.05) is 0 Å². The van der Waals surface area contributed by atoms with Crippen molar-refractivity contribution in [3.05, 3.63) is 71.3 Å². The van der Waals surface area contributed by atoms with Gasteiger partial charge in [-0.1, -0.05) is 63.8 Å². The van der Waals surface area contributed by atoms with E-state index < -0.39 is 29.8 Å². The van der Waals surface area contributed by atoms with Crippen LogP contribution in [0.4, 0.5) is 0 Å². The fourth-order valence-corrected chi connectivity index (χ4v) is 3.25. The molecule has 0 fully saturated rings. The molecule has 0 radical (unpaired) electrons. The zero-order valence-corrected chi connectivity index (χ0v) is 21.3. The lowest BCUT2D eigenvalue weighted by molar-refractivity contribution is -0.159. The summed E-state index contributed by atoms with van der Waals surface area (Å²) in [5, 5.41) is 8.95. The standard InChI is InChI=1S/C29H34O8/c1-3-5-7-19-35-28(33)25(29(34)36-20-8-6-4-2)18-11-21-9-12-23(13-10-21)27(32)37-24-16-14-22(15-17-24)26(30)31/h9-18,25H,3-8,19-20H2,1-2H3,(H,30,31)/b18-11+. The third kappa shape index (κ3) is 10.3. The van der Waals surface area contributed by atoms with Crippen LogP contribution in [-0.4, -0.2) is 42.2 Å². The zero-order chi connectivity index (χ0) is 27.0. The highest BCUT2D eigenvalue weighted by Gasteiger charge is 2.27. The van der Waals surface area contributed by atoms with Crippen molar-refractivity contribution in [3.8, 4) is 5.75 Å². The average Bonchev–Trinajstić information content (AvgIpc) is 2.90. The Morgan fingerprint density at radius 2 is 1.27 bits per heavy atom. The van der Waals surface area contributed by atoms with Gasteiger partial charge in [-0.25, -0.2) is 9.59 Å². The molecular formula is C29H34O8. The van der Waals surface area contributed by atoms with Crippen molar-refractivity contribution in [1.82, 2.24) is 0 Å². The van der Waals surface area contributed by atoms with Crippen molar-refractivity contribution < 1.29 is 38.5 Å². The molecule has 0 spiro atoms. The molecule has 0 aliphatic carbocycles. The molecule has 2 rings (SSSR count). The molecule has 1 N–H and O–H groups in total. The Hall–Kier alpha value is -3.94. The highest BCUT2D eigenvalue weighted by atomic mass is 16.6. The summed E-state index contributed by atoms with van der Waals surface area (Å²) < 4.78 is 15.8. The van der Waals surface area contributed by atoms with Crippen LogP contribution in [-0.2, 0) is 19.1 Å². The van der Waals surface area contributed by atoms with Crippen molar-refractivity contribution >= 4 is 30.0 Å². The molecule has 0 aliphatic rings. The molecule has 2 aromatic rings. The molecule has 0 heterocycles. The third-order valence-electron chi connectivity index (χ3n) is 5.43. The Labute approximate surface area is 217 Å². The second-order valence-corrected chi connectivity index (χ2v) is 8.43. The van der Waals surface area contributed by atoms with Crippen molar-refractivity contribution in [3.63, 3.8) is 0 Å². The number of carboxylic acid groups (broad SMARTS) is 1. The van der Waals surface area contributed by atoms with Crippen LogP contribution in [0, 0.1) is 5.92 Å². The molecular weight excluding hydrogens is 476 g/mol. The highest BCUT2D eigenvalue weighted by molar-refractivity contribution is 5.98. The van der Waals surface area contributed by atoms with Gasteiger partial charge in [-0.2, -0.15) is 0 Å². The van der Waals surface area contributed by atoms with Gasteiger partial charge in [0.25, 0.3) is 0 Å². The molecule has 8 heteroatoms. The van der Waals surface area contributed by atoms with Crippen LogP contribution in [0.3, 0.4) is 0 Å². The summed E-state index contributed by atoms with van der Waals surface area (Å²) in [5.74, 6) is -3.94. The Morgan fingerprint density at radius 3 is 1.76 bits per heavy atom. The number of hydrogen-bond donors (Lipinski definition) is 1. The molecule has 0 bridgehead atoms. The second kappa shape index (κ2) is 15.9. The van der Waals surface area contributed by atoms with E-state index in [1.54, 1.807) is 30.3 Å². The predicted octanol–water partition coefficient (Wildman–Crippen LogP) is 5.70. The van der Waals surface area contributed by atoms with Gasteiger partial charge in [0.1, 0.15) is 5.75 Å². The van der Waals surface area contributed by atoms with Gasteiger partial charge in [0.2, 0.25) is 0 Å². The number of carbonyl (C=O) groups is 4. The van der Waals surface area contributed by atoms with Gasteiger partial charge in [0.05, 0.1) is 24.3 Å². The summed E-state index contributed by atoms with van der Waals surface area (Å²) in [4.78, 5) is 48.5. The Kier molecular flexibility index (Phi) is 12.6. The first-order valence-corrected chi connectivity index (χ1v) is 12.5. The van der Waals surface area contributed by atoms with Gasteiger partial charge >= 0.3 is 23.9 Å². The van der Waals surface area contributed by atoms with Gasteiger partial charge in [-0.05, 0) is 54.8 Å². The maximum Gasteiger partial charge on any atom is 0.343 e. The molecule has 8 nitrogen and oxygen atoms in total. The number of aromatic carboxylic acids is 1. The molecule has 0 atom stereocenters. The van der Waals surface area contributed by atoms with E-state index >= 15 is 0 Å². The van der Waals surface area contributed by atoms with E-state index in [-0.39, 0.29) is 30.1 Å². The number of unbranched alkanes of at least 4 members (excludes halogenated alkanes) is 4. The van der Waals surface area contributed by atoms with Gasteiger partial charge in [-0.3, -0.25) is 9.59 Å². The maximum atomic E-state index is 12.6. The van der Waals surface area contributed by atoms with E-state index in [9.17, 15) is 19.2 Å². The summed E-state index contributed by atoms with van der Waals surface area (Å²) in [5.41, 5.74) is 1.02. The monoisotopic (exact) mass is 510 g/mol. The van der Waals surface area contributed by atoms with Crippen LogP contribution in [0.1, 0.15) is 78.7 Å². The van der Waals surface area contributed by atoms with Gasteiger partial charge < -0.3 is 19.3 Å². The first kappa shape index (κ1) is 29.3. The van der Waals surface area contributed by atoms with E-state index in [4.69, 9.17) is 19.3 Å². The van der Waals surface area contributed by atoms with Crippen molar-refractivity contribution in [1.29, 1.82) is 0 Å². The number of carboxylic acids is 1. The maximum absolute atomic E-state index is 12.6. The lowest BCUT2D eigenvalue weighted by Crippen LogP contribution is -2.27. The fraction of sp³-hybridized carbons (Fsp3) is 0.379. The Balaban J connectivity index is 2.03. The normalized spacial score (nSPS) is 10.9. The van der Waals surface area contributed by atoms with E-state index in [0.29, 0.717) is 5.56 Å². The predicted molar refractivity (Wildman–Crippen MR) is 138 cm³/mol. The minimum atomic E-state index is -1.18. The summed E-state index contributed by atoms with van der Waals surface area (Å²) >= 11 is 0. The van der Waals surface area contributed by atoms with E-state index in [1.165, 1.54) is 30.3 Å². The molecule has 0 aliphatic heterocycles. The first-order valence-electron chi connectivity index (χ1n) is 12.5. The number of esters is 3. The topological polar surface area (TPSA) is 116 Å². The SMILES string of the molecule is CCCCCOC(=O)C(/C=C/c1ccc(C(=O)Oc2ccc(C(=O)O)cc2)cc1)C(=O)OCCCCC. The highest BCUT2D eigenvalue weighted by Crippen LogP contribution is 2.16. The van der Waals surface area contributed by atoms with Gasteiger partial charge in [-0.15, -0.1) is 0 Å². The number of carbonyl (C=O) groups excluding carboxylic acids is 3. The average molecular weight is 511 g/mol. The van der Waals surface area contributed by atoms with E-state index in [1.807, 2.05) is 13.8 Å². The molecule has 0 saturated carbocycles. The molecule has 37 heavy (non-hydrogen) atoms. The van der Waals surface area contributed by atoms with Crippen molar-refractivity contribution in [2.24, 2.45) is 5.92 Å². The molecule has 0 unspecified atom stereocenters. The molecule has 2 aromatic carbocycles. The van der Waals surface area contributed by atoms with Crippen LogP contribution in [0.15, 0.2) is 54.6 Å². The smallest absolute Gasteiger partial charge is 0.343 e. The van der Waals surface area contributed by atoms with Crippen LogP contribution in [0.25, 0.3) is 6.08 Å². The van der Waals surface area contributed by atoms with E-state index in [2.05, 4.69) is 0 Å². The third-order valence-corrected chi connectivity index (χ3v) is 5.43. The number of ether oxygens (including phenoxy) is 3. The zero-order valence-electron chi connectivity index (χ0n) is 21.3. The van der Waals surface area contributed by atoms with Crippen molar-refractivity contribution in [2.45, 2.75) is 52.4 Å². The second-order valence-electron chi connectivity index (χ2n) is 8.43. The fourth-order valence-electron chi connectivity index (χ4n) is 3.25. The van der Waals surface area contributed by atoms with E-state index in [0.717, 1.165) is 38.5 Å². The number of rotatable bonds is 15. The largest absolute Gasteiger partial charge is 0.478 e. The lowest BCUT2D eigenvalue weighted by atomic mass is 10.1. The van der Waals surface area contributed by atoms with Crippen LogP contribution < -0.4 is 4.74 Å². The van der Waals surface area contributed by atoms with Gasteiger partial charge in [0.15, 0.2) is 5.92 Å². The van der Waals surface area contributed by atoms with Crippen molar-refractivity contribution in [2.75, 3.05) is 13.2 Å². The molecule has 0 aromatic heterocycles. The van der Waals surface area contributed by atoms with Crippen LogP contribution in [0.5, 0.6) is 5.75 Å². The Bertz CT molecular complexity index is 1030. The lowest BCUT2D eigenvalue weighted by Gasteiger charge is -2.12. The minimum absolute atomic E-state index is 0.0870.